The van der Waals surface area contributed by atoms with Crippen LogP contribution in [0, 0.1) is 5.41 Å². The Kier molecular flexibility index (Phi) is 5.99. The summed E-state index contributed by atoms with van der Waals surface area (Å²) in [7, 11) is 0. The van der Waals surface area contributed by atoms with Crippen LogP contribution in [0.3, 0.4) is 0 Å². The van der Waals surface area contributed by atoms with Crippen molar-refractivity contribution in [1.82, 2.24) is 15.5 Å². The number of rotatable bonds is 5. The highest BCUT2D eigenvalue weighted by Crippen LogP contribution is 2.30. The minimum absolute atomic E-state index is 0.0167. The zero-order valence-electron chi connectivity index (χ0n) is 13.5. The lowest BCUT2D eigenvalue weighted by Gasteiger charge is -2.38. The van der Waals surface area contributed by atoms with E-state index in [1.54, 1.807) is 11.8 Å². The number of nitrogens with zero attached hydrogens (tertiary/aromatic N) is 1. The third-order valence-corrected chi connectivity index (χ3v) is 4.19. The number of hydrogen-bond donors (Lipinski definition) is 2. The van der Waals surface area contributed by atoms with Gasteiger partial charge in [0.25, 0.3) is 0 Å². The zero-order chi connectivity index (χ0) is 15.3. The van der Waals surface area contributed by atoms with Crippen LogP contribution < -0.4 is 10.6 Å². The van der Waals surface area contributed by atoms with Gasteiger partial charge in [0.1, 0.15) is 6.04 Å². The molecule has 0 bridgehead atoms. The molecule has 20 heavy (non-hydrogen) atoms. The van der Waals surface area contributed by atoms with Crippen molar-refractivity contribution in [2.45, 2.75) is 59.5 Å². The summed E-state index contributed by atoms with van der Waals surface area (Å²) < 4.78 is 0. The molecule has 2 N–H and O–H groups in total. The summed E-state index contributed by atoms with van der Waals surface area (Å²) in [4.78, 5) is 26.3. The van der Waals surface area contributed by atoms with Gasteiger partial charge in [0.2, 0.25) is 11.8 Å². The Morgan fingerprint density at radius 1 is 1.35 bits per heavy atom. The van der Waals surface area contributed by atoms with Crippen molar-refractivity contribution in [2.75, 3.05) is 19.6 Å². The van der Waals surface area contributed by atoms with Gasteiger partial charge in [-0.2, -0.15) is 0 Å². The molecule has 0 aliphatic carbocycles. The van der Waals surface area contributed by atoms with Crippen molar-refractivity contribution in [3.63, 3.8) is 0 Å². The minimum Gasteiger partial charge on any atom is -0.343 e. The van der Waals surface area contributed by atoms with Gasteiger partial charge in [-0.25, -0.2) is 0 Å². The van der Waals surface area contributed by atoms with Crippen LogP contribution in [0.2, 0.25) is 0 Å². The molecular formula is C15H29N3O2. The fourth-order valence-electron chi connectivity index (χ4n) is 2.83. The van der Waals surface area contributed by atoms with Crippen molar-refractivity contribution in [1.29, 1.82) is 0 Å². The number of carbonyl (C=O) groups excluding carboxylic acids is 2. The highest BCUT2D eigenvalue weighted by molar-refractivity contribution is 5.90. The van der Waals surface area contributed by atoms with E-state index in [0.717, 1.165) is 19.4 Å². The van der Waals surface area contributed by atoms with Crippen molar-refractivity contribution in [2.24, 2.45) is 5.41 Å². The van der Waals surface area contributed by atoms with Crippen LogP contribution in [0.5, 0.6) is 0 Å². The van der Waals surface area contributed by atoms with E-state index in [4.69, 9.17) is 0 Å². The maximum Gasteiger partial charge on any atom is 0.244 e. The van der Waals surface area contributed by atoms with Gasteiger partial charge in [-0.1, -0.05) is 13.8 Å². The van der Waals surface area contributed by atoms with Gasteiger partial charge in [0, 0.05) is 13.1 Å². The van der Waals surface area contributed by atoms with Gasteiger partial charge in [0.15, 0.2) is 0 Å². The average molecular weight is 283 g/mol. The molecule has 1 saturated heterocycles. The second-order valence-corrected chi connectivity index (χ2v) is 6.22. The molecule has 0 aromatic carbocycles. The summed E-state index contributed by atoms with van der Waals surface area (Å²) in [6, 6.07) is -0.690. The highest BCUT2D eigenvalue weighted by atomic mass is 16.2. The first-order chi connectivity index (χ1) is 9.33. The fraction of sp³-hybridized carbons (Fsp3) is 0.867. The lowest BCUT2D eigenvalue weighted by molar-refractivity contribution is -0.137. The molecule has 0 aromatic rings. The molecule has 2 atom stereocenters. The third-order valence-electron chi connectivity index (χ3n) is 4.19. The van der Waals surface area contributed by atoms with Crippen LogP contribution in [0.25, 0.3) is 0 Å². The molecule has 5 nitrogen and oxygen atoms in total. The van der Waals surface area contributed by atoms with Gasteiger partial charge >= 0.3 is 0 Å². The Bertz CT molecular complexity index is 351. The summed E-state index contributed by atoms with van der Waals surface area (Å²) in [5.74, 6) is -0.0836. The van der Waals surface area contributed by atoms with E-state index in [2.05, 4.69) is 24.5 Å². The predicted octanol–water partition coefficient (Wildman–Crippen LogP) is 1.14. The molecule has 1 heterocycles. The molecule has 0 saturated carbocycles. The van der Waals surface area contributed by atoms with Crippen molar-refractivity contribution in [3.8, 4) is 0 Å². The largest absolute Gasteiger partial charge is 0.343 e. The first kappa shape index (κ1) is 17.0. The molecule has 2 unspecified atom stereocenters. The first-order valence-corrected chi connectivity index (χ1v) is 7.66. The second-order valence-electron chi connectivity index (χ2n) is 6.22. The third kappa shape index (κ3) is 3.95. The molecule has 1 aliphatic rings. The number of nitrogens with one attached hydrogen (secondary N) is 2. The molecule has 1 fully saturated rings. The lowest BCUT2D eigenvalue weighted by atomic mass is 9.77. The van der Waals surface area contributed by atoms with Crippen LogP contribution in [-0.4, -0.2) is 48.4 Å². The number of amides is 2. The van der Waals surface area contributed by atoms with E-state index in [1.165, 1.54) is 0 Å². The topological polar surface area (TPSA) is 61.4 Å². The molecule has 2 amide bonds. The van der Waals surface area contributed by atoms with E-state index in [-0.39, 0.29) is 23.3 Å². The van der Waals surface area contributed by atoms with Crippen LogP contribution in [-0.2, 0) is 9.59 Å². The Balaban J connectivity index is 2.63. The Hall–Kier alpha value is -1.10. The Labute approximate surface area is 122 Å². The van der Waals surface area contributed by atoms with Crippen LogP contribution in [0.1, 0.15) is 47.5 Å². The number of piperidine rings is 1. The van der Waals surface area contributed by atoms with Gasteiger partial charge < -0.3 is 15.5 Å². The van der Waals surface area contributed by atoms with Gasteiger partial charge in [-0.05, 0) is 45.6 Å². The van der Waals surface area contributed by atoms with Crippen molar-refractivity contribution in [3.05, 3.63) is 0 Å². The fourth-order valence-corrected chi connectivity index (χ4v) is 2.83. The summed E-state index contributed by atoms with van der Waals surface area (Å²) in [6.07, 6.45) is 2.11. The quantitative estimate of drug-likeness (QED) is 0.795. The summed E-state index contributed by atoms with van der Waals surface area (Å²) in [5.41, 5.74) is -0.0691. The first-order valence-electron chi connectivity index (χ1n) is 7.66. The van der Waals surface area contributed by atoms with Crippen LogP contribution >= 0.6 is 0 Å². The van der Waals surface area contributed by atoms with Crippen molar-refractivity contribution < 1.29 is 9.59 Å². The van der Waals surface area contributed by atoms with Crippen LogP contribution in [0.4, 0.5) is 0 Å². The van der Waals surface area contributed by atoms with Crippen molar-refractivity contribution >= 4 is 11.8 Å². The van der Waals surface area contributed by atoms with Gasteiger partial charge in [-0.15, -0.1) is 0 Å². The lowest BCUT2D eigenvalue weighted by Crippen LogP contribution is -2.58. The SMILES string of the molecule is CCN(CC)C(=O)C(C)NC(=O)C1NCCCC1(C)C. The van der Waals surface area contributed by atoms with E-state index in [1.807, 2.05) is 13.8 Å². The predicted molar refractivity (Wildman–Crippen MR) is 80.3 cm³/mol. The molecule has 0 radical (unpaired) electrons. The average Bonchev–Trinajstić information content (AvgIpc) is 2.39. The number of hydrogen-bond acceptors (Lipinski definition) is 3. The maximum atomic E-state index is 12.4. The standard InChI is InChI=1S/C15H29N3O2/c1-6-18(7-2)14(20)11(3)17-13(19)12-15(4,5)9-8-10-16-12/h11-12,16H,6-10H2,1-5H3,(H,17,19). The summed E-state index contributed by atoms with van der Waals surface area (Å²) in [5, 5.41) is 6.14. The van der Waals surface area contributed by atoms with E-state index < -0.39 is 6.04 Å². The van der Waals surface area contributed by atoms with E-state index in [9.17, 15) is 9.59 Å². The molecule has 0 aromatic heterocycles. The molecule has 5 heteroatoms. The molecule has 1 rings (SSSR count). The maximum absolute atomic E-state index is 12.4. The minimum atomic E-state index is -0.470. The number of carbonyl (C=O) groups is 2. The number of likely N-dealkylation sites (N-methyl/N-ethyl adjacent to an activating group) is 1. The zero-order valence-corrected chi connectivity index (χ0v) is 13.5. The molecule has 1 aliphatic heterocycles. The highest BCUT2D eigenvalue weighted by Gasteiger charge is 2.38. The monoisotopic (exact) mass is 283 g/mol. The normalized spacial score (nSPS) is 22.9. The summed E-state index contributed by atoms with van der Waals surface area (Å²) in [6.45, 7) is 12.0. The molecular weight excluding hydrogens is 254 g/mol. The summed E-state index contributed by atoms with van der Waals surface area (Å²) >= 11 is 0. The van der Waals surface area contributed by atoms with Gasteiger partial charge in [-0.3, -0.25) is 9.59 Å². The van der Waals surface area contributed by atoms with E-state index in [0.29, 0.717) is 13.1 Å². The second kappa shape index (κ2) is 7.07. The molecule has 116 valence electrons. The molecule has 0 spiro atoms. The Morgan fingerprint density at radius 2 is 1.95 bits per heavy atom. The van der Waals surface area contributed by atoms with Gasteiger partial charge in [0.05, 0.1) is 6.04 Å². The van der Waals surface area contributed by atoms with Crippen LogP contribution in [0.15, 0.2) is 0 Å². The van der Waals surface area contributed by atoms with E-state index >= 15 is 0 Å². The smallest absolute Gasteiger partial charge is 0.244 e. The Morgan fingerprint density at radius 3 is 2.45 bits per heavy atom.